The van der Waals surface area contributed by atoms with Gasteiger partial charge in [0.1, 0.15) is 11.8 Å². The van der Waals surface area contributed by atoms with Crippen molar-refractivity contribution in [1.29, 1.82) is 0 Å². The van der Waals surface area contributed by atoms with E-state index in [0.29, 0.717) is 5.69 Å². The molecule has 0 saturated carbocycles. The monoisotopic (exact) mass is 164 g/mol. The molecule has 4 nitrogen and oxygen atoms in total. The average Bonchev–Trinajstić information content (AvgIpc) is 2.28. The van der Waals surface area contributed by atoms with E-state index in [-0.39, 0.29) is 11.7 Å². The molecule has 0 fully saturated rings. The molecule has 12 heavy (non-hydrogen) atoms. The standard InChI is InChI=1S/C8H8N2O2/c9-7-5-2-1-4(11)3-6(5)10-8(7)12/h1-3,7,11H,9H2,(H,10,12). The second kappa shape index (κ2) is 2.22. The first kappa shape index (κ1) is 7.12. The summed E-state index contributed by atoms with van der Waals surface area (Å²) >= 11 is 0. The number of amides is 1. The summed E-state index contributed by atoms with van der Waals surface area (Å²) in [7, 11) is 0. The van der Waals surface area contributed by atoms with Gasteiger partial charge in [-0.05, 0) is 6.07 Å². The van der Waals surface area contributed by atoms with Crippen LogP contribution in [0.25, 0.3) is 0 Å². The summed E-state index contributed by atoms with van der Waals surface area (Å²) < 4.78 is 0. The number of fused-ring (bicyclic) bond motifs is 1. The Hall–Kier alpha value is -1.55. The number of rotatable bonds is 0. The minimum atomic E-state index is -0.597. The zero-order valence-corrected chi connectivity index (χ0v) is 6.24. The van der Waals surface area contributed by atoms with E-state index in [0.717, 1.165) is 5.56 Å². The van der Waals surface area contributed by atoms with Crippen LogP contribution < -0.4 is 11.1 Å². The zero-order chi connectivity index (χ0) is 8.72. The molecule has 4 heteroatoms. The normalized spacial score (nSPS) is 20.4. The lowest BCUT2D eigenvalue weighted by Gasteiger charge is -1.99. The highest BCUT2D eigenvalue weighted by atomic mass is 16.3. The lowest BCUT2D eigenvalue weighted by atomic mass is 10.1. The quantitative estimate of drug-likeness (QED) is 0.517. The Labute approximate surface area is 69.0 Å². The van der Waals surface area contributed by atoms with Gasteiger partial charge in [-0.25, -0.2) is 0 Å². The van der Waals surface area contributed by atoms with Crippen molar-refractivity contribution >= 4 is 11.6 Å². The van der Waals surface area contributed by atoms with Crippen molar-refractivity contribution in [3.8, 4) is 5.75 Å². The van der Waals surface area contributed by atoms with Gasteiger partial charge in [0.05, 0.1) is 0 Å². The van der Waals surface area contributed by atoms with Crippen LogP contribution in [0.15, 0.2) is 18.2 Å². The Balaban J connectivity index is 2.54. The zero-order valence-electron chi connectivity index (χ0n) is 6.24. The van der Waals surface area contributed by atoms with Crippen molar-refractivity contribution in [2.45, 2.75) is 6.04 Å². The predicted octanol–water partition coefficient (Wildman–Crippen LogP) is 0.344. The lowest BCUT2D eigenvalue weighted by molar-refractivity contribution is -0.116. The topological polar surface area (TPSA) is 75.4 Å². The predicted molar refractivity (Wildman–Crippen MR) is 43.7 cm³/mol. The molecule has 1 aromatic rings. The van der Waals surface area contributed by atoms with Gasteiger partial charge in [-0.1, -0.05) is 6.07 Å². The highest BCUT2D eigenvalue weighted by Gasteiger charge is 2.26. The van der Waals surface area contributed by atoms with Gasteiger partial charge in [0.15, 0.2) is 0 Å². The van der Waals surface area contributed by atoms with Crippen LogP contribution in [0, 0.1) is 0 Å². The first-order chi connectivity index (χ1) is 5.68. The number of hydrogen-bond acceptors (Lipinski definition) is 3. The van der Waals surface area contributed by atoms with Crippen molar-refractivity contribution in [3.05, 3.63) is 23.8 Å². The molecule has 1 aliphatic heterocycles. The Kier molecular flexibility index (Phi) is 1.31. The van der Waals surface area contributed by atoms with Crippen LogP contribution in [0.1, 0.15) is 11.6 Å². The Bertz CT molecular complexity index is 349. The van der Waals surface area contributed by atoms with E-state index < -0.39 is 6.04 Å². The van der Waals surface area contributed by atoms with E-state index in [1.165, 1.54) is 12.1 Å². The molecule has 1 unspecified atom stereocenters. The van der Waals surface area contributed by atoms with Crippen molar-refractivity contribution in [2.24, 2.45) is 5.73 Å². The fourth-order valence-corrected chi connectivity index (χ4v) is 1.28. The number of phenolic OH excluding ortho intramolecular Hbond substituents is 1. The van der Waals surface area contributed by atoms with Gasteiger partial charge in [0.2, 0.25) is 5.91 Å². The van der Waals surface area contributed by atoms with Gasteiger partial charge >= 0.3 is 0 Å². The number of anilines is 1. The average molecular weight is 164 g/mol. The summed E-state index contributed by atoms with van der Waals surface area (Å²) in [5, 5.41) is 11.6. The number of carbonyl (C=O) groups is 1. The van der Waals surface area contributed by atoms with E-state index in [1.807, 2.05) is 0 Å². The molecule has 0 spiro atoms. The Morgan fingerprint density at radius 3 is 3.00 bits per heavy atom. The van der Waals surface area contributed by atoms with Crippen LogP contribution in [-0.4, -0.2) is 11.0 Å². The van der Waals surface area contributed by atoms with Crippen LogP contribution in [0.2, 0.25) is 0 Å². The summed E-state index contributed by atoms with van der Waals surface area (Å²) in [4.78, 5) is 11.0. The molecule has 1 atom stereocenters. The van der Waals surface area contributed by atoms with E-state index in [9.17, 15) is 4.79 Å². The molecule has 62 valence electrons. The van der Waals surface area contributed by atoms with Crippen LogP contribution in [0.4, 0.5) is 5.69 Å². The number of nitrogens with two attached hydrogens (primary N) is 1. The third-order valence-electron chi connectivity index (χ3n) is 1.91. The van der Waals surface area contributed by atoms with Gasteiger partial charge in [-0.3, -0.25) is 4.79 Å². The van der Waals surface area contributed by atoms with Crippen molar-refractivity contribution < 1.29 is 9.90 Å². The van der Waals surface area contributed by atoms with Crippen LogP contribution in [-0.2, 0) is 4.79 Å². The van der Waals surface area contributed by atoms with Crippen LogP contribution in [0.3, 0.4) is 0 Å². The van der Waals surface area contributed by atoms with Crippen molar-refractivity contribution in [2.75, 3.05) is 5.32 Å². The van der Waals surface area contributed by atoms with Gasteiger partial charge < -0.3 is 16.2 Å². The minimum Gasteiger partial charge on any atom is -0.508 e. The maximum atomic E-state index is 11.0. The van der Waals surface area contributed by atoms with E-state index >= 15 is 0 Å². The Morgan fingerprint density at radius 2 is 2.25 bits per heavy atom. The smallest absolute Gasteiger partial charge is 0.245 e. The van der Waals surface area contributed by atoms with Gasteiger partial charge in [-0.15, -0.1) is 0 Å². The summed E-state index contributed by atoms with van der Waals surface area (Å²) in [6.07, 6.45) is 0. The van der Waals surface area contributed by atoms with E-state index in [2.05, 4.69) is 5.32 Å². The first-order valence-corrected chi connectivity index (χ1v) is 3.58. The molecule has 2 rings (SSSR count). The maximum absolute atomic E-state index is 11.0. The molecule has 0 aliphatic carbocycles. The summed E-state index contributed by atoms with van der Waals surface area (Å²) in [6.45, 7) is 0. The summed E-state index contributed by atoms with van der Waals surface area (Å²) in [6, 6.07) is 4.05. The molecular formula is C8H8N2O2. The summed E-state index contributed by atoms with van der Waals surface area (Å²) in [5.74, 6) is -0.0984. The summed E-state index contributed by atoms with van der Waals surface area (Å²) in [5.41, 5.74) is 6.88. The highest BCUT2D eigenvalue weighted by molar-refractivity contribution is 6.02. The fourth-order valence-electron chi connectivity index (χ4n) is 1.28. The van der Waals surface area contributed by atoms with E-state index in [4.69, 9.17) is 10.8 Å². The lowest BCUT2D eigenvalue weighted by Crippen LogP contribution is -2.19. The maximum Gasteiger partial charge on any atom is 0.245 e. The van der Waals surface area contributed by atoms with Crippen molar-refractivity contribution in [3.63, 3.8) is 0 Å². The molecule has 0 radical (unpaired) electrons. The first-order valence-electron chi connectivity index (χ1n) is 3.58. The van der Waals surface area contributed by atoms with Crippen molar-refractivity contribution in [1.82, 2.24) is 0 Å². The van der Waals surface area contributed by atoms with Crippen LogP contribution in [0.5, 0.6) is 5.75 Å². The van der Waals surface area contributed by atoms with E-state index in [1.54, 1.807) is 6.07 Å². The van der Waals surface area contributed by atoms with Gasteiger partial charge in [0, 0.05) is 17.3 Å². The Morgan fingerprint density at radius 1 is 1.50 bits per heavy atom. The molecule has 0 bridgehead atoms. The highest BCUT2D eigenvalue weighted by Crippen LogP contribution is 2.31. The SMILES string of the molecule is NC1C(=O)Nc2cc(O)ccc21. The largest absolute Gasteiger partial charge is 0.508 e. The number of hydrogen-bond donors (Lipinski definition) is 3. The minimum absolute atomic E-state index is 0.128. The number of carbonyl (C=O) groups excluding carboxylic acids is 1. The second-order valence-corrected chi connectivity index (χ2v) is 2.74. The number of phenols is 1. The molecule has 0 saturated heterocycles. The molecule has 1 aliphatic rings. The third-order valence-corrected chi connectivity index (χ3v) is 1.91. The molecule has 0 aromatic heterocycles. The molecule has 1 amide bonds. The number of aromatic hydroxyl groups is 1. The van der Waals surface area contributed by atoms with Gasteiger partial charge in [0.25, 0.3) is 0 Å². The molecule has 1 aromatic carbocycles. The second-order valence-electron chi connectivity index (χ2n) is 2.74. The number of nitrogens with one attached hydrogen (secondary N) is 1. The van der Waals surface area contributed by atoms with Crippen LogP contribution >= 0.6 is 0 Å². The molecule has 1 heterocycles. The molecule has 4 N–H and O–H groups in total. The van der Waals surface area contributed by atoms with Gasteiger partial charge in [-0.2, -0.15) is 0 Å². The fraction of sp³-hybridized carbons (Fsp3) is 0.125. The number of benzene rings is 1. The third kappa shape index (κ3) is 0.853. The molecular weight excluding hydrogens is 156 g/mol.